The molecule has 2 aromatic rings. The molecule has 1 amide bonds. The Balaban J connectivity index is 0.00000156. The molecule has 4 nitrogen and oxygen atoms in total. The molecular formula is C17H22Cl2FN3OS. The minimum atomic E-state index is -0.277. The van der Waals surface area contributed by atoms with E-state index in [0.717, 1.165) is 42.2 Å². The smallest absolute Gasteiger partial charge is 0.228 e. The molecule has 0 radical (unpaired) electrons. The summed E-state index contributed by atoms with van der Waals surface area (Å²) >= 11 is 1.44. The highest BCUT2D eigenvalue weighted by atomic mass is 35.5. The molecule has 0 unspecified atom stereocenters. The van der Waals surface area contributed by atoms with Crippen LogP contribution in [0.4, 0.5) is 4.39 Å². The number of carbonyl (C=O) groups is 1. The maximum absolute atomic E-state index is 13.3. The van der Waals surface area contributed by atoms with E-state index in [1.165, 1.54) is 23.5 Å². The number of nitrogens with one attached hydrogen (secondary N) is 1. The summed E-state index contributed by atoms with van der Waals surface area (Å²) in [4.78, 5) is 18.8. The number of likely N-dealkylation sites (N-methyl/N-ethyl adjacent to an activating group) is 1. The molecule has 0 atom stereocenters. The molecule has 0 saturated carbocycles. The van der Waals surface area contributed by atoms with Gasteiger partial charge < -0.3 is 10.2 Å². The fourth-order valence-electron chi connectivity index (χ4n) is 2.82. The Morgan fingerprint density at radius 3 is 2.76 bits per heavy atom. The van der Waals surface area contributed by atoms with Gasteiger partial charge in [0.05, 0.1) is 12.1 Å². The molecule has 1 aromatic carbocycles. The number of piperidine rings is 1. The monoisotopic (exact) mass is 405 g/mol. The summed E-state index contributed by atoms with van der Waals surface area (Å²) in [5.41, 5.74) is 1.50. The van der Waals surface area contributed by atoms with Crippen molar-refractivity contribution in [2.24, 2.45) is 0 Å². The zero-order chi connectivity index (χ0) is 16.2. The van der Waals surface area contributed by atoms with E-state index in [0.29, 0.717) is 12.5 Å². The van der Waals surface area contributed by atoms with Crippen LogP contribution in [0.2, 0.25) is 0 Å². The molecule has 1 aliphatic rings. The van der Waals surface area contributed by atoms with E-state index in [-0.39, 0.29) is 36.5 Å². The van der Waals surface area contributed by atoms with Gasteiger partial charge in [-0.15, -0.1) is 36.2 Å². The lowest BCUT2D eigenvalue weighted by Gasteiger charge is -2.31. The largest absolute Gasteiger partial charge is 0.342 e. The van der Waals surface area contributed by atoms with Crippen LogP contribution < -0.4 is 5.32 Å². The van der Waals surface area contributed by atoms with Crippen molar-refractivity contribution >= 4 is 42.1 Å². The van der Waals surface area contributed by atoms with Crippen LogP contribution in [0.3, 0.4) is 0 Å². The van der Waals surface area contributed by atoms with E-state index in [1.807, 2.05) is 23.4 Å². The van der Waals surface area contributed by atoms with Crippen LogP contribution in [0.15, 0.2) is 29.6 Å². The summed E-state index contributed by atoms with van der Waals surface area (Å²) < 4.78 is 13.3. The quantitative estimate of drug-likeness (QED) is 0.845. The minimum Gasteiger partial charge on any atom is -0.342 e. The van der Waals surface area contributed by atoms with Crippen molar-refractivity contribution < 1.29 is 9.18 Å². The Kier molecular flexibility index (Phi) is 8.79. The number of hydrogen-bond acceptors (Lipinski definition) is 4. The zero-order valence-electron chi connectivity index (χ0n) is 13.9. The highest BCUT2D eigenvalue weighted by molar-refractivity contribution is 7.13. The van der Waals surface area contributed by atoms with Crippen LogP contribution in [-0.2, 0) is 11.2 Å². The fraction of sp³-hybridized carbons (Fsp3) is 0.412. The highest BCUT2D eigenvalue weighted by Crippen LogP contribution is 2.24. The molecule has 1 aromatic heterocycles. The molecular weight excluding hydrogens is 384 g/mol. The summed E-state index contributed by atoms with van der Waals surface area (Å²) in [5, 5.41) is 5.94. The summed E-state index contributed by atoms with van der Waals surface area (Å²) in [5.74, 6) is -0.186. The third-order valence-corrected chi connectivity index (χ3v) is 5.15. The van der Waals surface area contributed by atoms with Crippen LogP contribution in [0.25, 0.3) is 10.6 Å². The van der Waals surface area contributed by atoms with Gasteiger partial charge in [-0.25, -0.2) is 9.37 Å². The SMILES string of the molecule is CN(C(=O)Cc1csc(-c2cccc(F)c2)n1)C1CCNCC1.Cl.Cl. The maximum atomic E-state index is 13.3. The molecule has 3 rings (SSSR count). The molecule has 1 N–H and O–H groups in total. The predicted octanol–water partition coefficient (Wildman–Crippen LogP) is 3.55. The number of halogens is 3. The van der Waals surface area contributed by atoms with Gasteiger partial charge in [-0.3, -0.25) is 4.79 Å². The van der Waals surface area contributed by atoms with Gasteiger partial charge >= 0.3 is 0 Å². The lowest BCUT2D eigenvalue weighted by Crippen LogP contribution is -2.44. The van der Waals surface area contributed by atoms with Crippen LogP contribution in [0.5, 0.6) is 0 Å². The first kappa shape index (κ1) is 21.8. The average molecular weight is 406 g/mol. The second kappa shape index (κ2) is 10.1. The van der Waals surface area contributed by atoms with Gasteiger partial charge in [-0.2, -0.15) is 0 Å². The fourth-order valence-corrected chi connectivity index (χ4v) is 3.64. The molecule has 0 bridgehead atoms. The standard InChI is InChI=1S/C17H20FN3OS.2ClH/c1-21(15-5-7-19-8-6-15)16(22)10-14-11-23-17(20-14)12-3-2-4-13(18)9-12;;/h2-4,9,11,15,19H,5-8,10H2,1H3;2*1H. The van der Waals surface area contributed by atoms with Crippen molar-refractivity contribution in [3.05, 3.63) is 41.2 Å². The molecule has 2 heterocycles. The zero-order valence-corrected chi connectivity index (χ0v) is 16.4. The van der Waals surface area contributed by atoms with Crippen molar-refractivity contribution in [1.29, 1.82) is 0 Å². The van der Waals surface area contributed by atoms with Gasteiger partial charge in [0.25, 0.3) is 0 Å². The van der Waals surface area contributed by atoms with E-state index in [4.69, 9.17) is 0 Å². The summed E-state index contributed by atoms with van der Waals surface area (Å²) in [6.45, 7) is 1.92. The molecule has 8 heteroatoms. The van der Waals surface area contributed by atoms with Crippen molar-refractivity contribution in [1.82, 2.24) is 15.2 Å². The first-order valence-corrected chi connectivity index (χ1v) is 8.68. The van der Waals surface area contributed by atoms with Crippen LogP contribution in [-0.4, -0.2) is 42.0 Å². The average Bonchev–Trinajstić information content (AvgIpc) is 3.03. The topological polar surface area (TPSA) is 45.2 Å². The first-order chi connectivity index (χ1) is 11.1. The van der Waals surface area contributed by atoms with Gasteiger partial charge in [0.1, 0.15) is 10.8 Å². The van der Waals surface area contributed by atoms with Gasteiger partial charge in [0.2, 0.25) is 5.91 Å². The van der Waals surface area contributed by atoms with Crippen molar-refractivity contribution in [2.45, 2.75) is 25.3 Å². The molecule has 1 aliphatic heterocycles. The van der Waals surface area contributed by atoms with E-state index in [2.05, 4.69) is 10.3 Å². The number of amides is 1. The normalized spacial score (nSPS) is 14.3. The van der Waals surface area contributed by atoms with Crippen LogP contribution >= 0.6 is 36.2 Å². The maximum Gasteiger partial charge on any atom is 0.228 e. The number of rotatable bonds is 4. The Hall–Kier alpha value is -1.21. The molecule has 0 aliphatic carbocycles. The van der Waals surface area contributed by atoms with Crippen LogP contribution in [0.1, 0.15) is 18.5 Å². The summed E-state index contributed by atoms with van der Waals surface area (Å²) in [6, 6.07) is 6.68. The second-order valence-electron chi connectivity index (χ2n) is 5.82. The third-order valence-electron chi connectivity index (χ3n) is 4.21. The van der Waals surface area contributed by atoms with Crippen molar-refractivity contribution in [2.75, 3.05) is 20.1 Å². The number of benzene rings is 1. The van der Waals surface area contributed by atoms with Crippen molar-refractivity contribution in [3.63, 3.8) is 0 Å². The molecule has 1 fully saturated rings. The van der Waals surface area contributed by atoms with E-state index < -0.39 is 0 Å². The Morgan fingerprint density at radius 1 is 1.36 bits per heavy atom. The van der Waals surface area contributed by atoms with Crippen LogP contribution in [0, 0.1) is 5.82 Å². The summed E-state index contributed by atoms with van der Waals surface area (Å²) in [7, 11) is 1.87. The molecule has 25 heavy (non-hydrogen) atoms. The minimum absolute atomic E-state index is 0. The van der Waals surface area contributed by atoms with Gasteiger partial charge in [0, 0.05) is 24.0 Å². The molecule has 138 valence electrons. The van der Waals surface area contributed by atoms with E-state index in [1.54, 1.807) is 6.07 Å². The molecule has 1 saturated heterocycles. The number of aromatic nitrogens is 1. The predicted molar refractivity (Wildman–Crippen MR) is 104 cm³/mol. The highest BCUT2D eigenvalue weighted by Gasteiger charge is 2.22. The van der Waals surface area contributed by atoms with Gasteiger partial charge in [-0.05, 0) is 38.1 Å². The number of nitrogens with zero attached hydrogens (tertiary/aromatic N) is 2. The lowest BCUT2D eigenvalue weighted by atomic mass is 10.0. The Bertz CT molecular complexity index is 692. The van der Waals surface area contributed by atoms with Gasteiger partial charge in [-0.1, -0.05) is 12.1 Å². The first-order valence-electron chi connectivity index (χ1n) is 7.80. The number of hydrogen-bond donors (Lipinski definition) is 1. The second-order valence-corrected chi connectivity index (χ2v) is 6.68. The van der Waals surface area contributed by atoms with Crippen molar-refractivity contribution in [3.8, 4) is 10.6 Å². The van der Waals surface area contributed by atoms with E-state index in [9.17, 15) is 9.18 Å². The summed E-state index contributed by atoms with van der Waals surface area (Å²) in [6.07, 6.45) is 2.29. The van der Waals surface area contributed by atoms with E-state index >= 15 is 0 Å². The number of thiazole rings is 1. The lowest BCUT2D eigenvalue weighted by molar-refractivity contribution is -0.131. The Labute approximate surface area is 163 Å². The van der Waals surface area contributed by atoms with Gasteiger partial charge in [0.15, 0.2) is 0 Å². The molecule has 0 spiro atoms. The Morgan fingerprint density at radius 2 is 2.08 bits per heavy atom. The number of carbonyl (C=O) groups excluding carboxylic acids is 1. The third kappa shape index (κ3) is 5.64.